The molecule has 0 atom stereocenters. The van der Waals surface area contributed by atoms with Gasteiger partial charge in [-0.2, -0.15) is 0 Å². The topological polar surface area (TPSA) is 29.1 Å². The number of para-hydroxylation sites is 1. The smallest absolute Gasteiger partial charge is 0.187 e. The summed E-state index contributed by atoms with van der Waals surface area (Å²) in [6.07, 6.45) is 0. The van der Waals surface area contributed by atoms with E-state index < -0.39 is 23.0 Å². The lowest BCUT2D eigenvalue weighted by atomic mass is 10.1. The lowest BCUT2D eigenvalue weighted by Crippen LogP contribution is -2.17. The monoisotopic (exact) mass is 325 g/mol. The number of carbonyl (C=O) groups is 1. The number of nitrogens with one attached hydrogen (secondary N) is 1. The Morgan fingerprint density at radius 3 is 2.47 bits per heavy atom. The molecule has 0 saturated heterocycles. The summed E-state index contributed by atoms with van der Waals surface area (Å²) >= 11 is 2.93. The fourth-order valence-corrected chi connectivity index (χ4v) is 1.94. The second kappa shape index (κ2) is 5.93. The van der Waals surface area contributed by atoms with Crippen LogP contribution in [0.5, 0.6) is 0 Å². The molecule has 0 aliphatic carbocycles. The van der Waals surface area contributed by atoms with E-state index in [0.717, 1.165) is 6.07 Å². The molecule has 0 aliphatic heterocycles. The van der Waals surface area contributed by atoms with E-state index in [1.807, 2.05) is 6.07 Å². The molecular formula is C14H10BrF2NO. The highest BCUT2D eigenvalue weighted by molar-refractivity contribution is 9.10. The zero-order valence-corrected chi connectivity index (χ0v) is 11.4. The van der Waals surface area contributed by atoms with Crippen LogP contribution in [-0.2, 0) is 0 Å². The molecule has 2 nitrogen and oxygen atoms in total. The van der Waals surface area contributed by atoms with Gasteiger partial charge in [-0.1, -0.05) is 18.2 Å². The van der Waals surface area contributed by atoms with Crippen LogP contribution in [0.4, 0.5) is 14.5 Å². The van der Waals surface area contributed by atoms with E-state index in [1.165, 1.54) is 6.07 Å². The first kappa shape index (κ1) is 13.7. The van der Waals surface area contributed by atoms with Crippen LogP contribution in [0.3, 0.4) is 0 Å². The van der Waals surface area contributed by atoms with E-state index in [-0.39, 0.29) is 11.0 Å². The van der Waals surface area contributed by atoms with Crippen molar-refractivity contribution in [1.29, 1.82) is 0 Å². The highest BCUT2D eigenvalue weighted by Crippen LogP contribution is 2.22. The van der Waals surface area contributed by atoms with Crippen molar-refractivity contribution in [3.63, 3.8) is 0 Å². The zero-order chi connectivity index (χ0) is 13.8. The zero-order valence-electron chi connectivity index (χ0n) is 9.79. The highest BCUT2D eigenvalue weighted by Gasteiger charge is 2.19. The molecule has 0 saturated carbocycles. The minimum atomic E-state index is -0.875. The minimum absolute atomic E-state index is 0.0666. The number of halogens is 3. The molecule has 0 aliphatic rings. The molecule has 5 heteroatoms. The number of hydrogen-bond acceptors (Lipinski definition) is 2. The van der Waals surface area contributed by atoms with Crippen molar-refractivity contribution in [3.8, 4) is 0 Å². The van der Waals surface area contributed by atoms with Gasteiger partial charge in [-0.3, -0.25) is 4.79 Å². The number of Topliss-reactive ketones (excluding diaryl/α,β-unsaturated/α-hetero) is 1. The van der Waals surface area contributed by atoms with Crippen molar-refractivity contribution in [2.45, 2.75) is 0 Å². The van der Waals surface area contributed by atoms with E-state index in [2.05, 4.69) is 21.2 Å². The number of hydrogen-bond donors (Lipinski definition) is 1. The minimum Gasteiger partial charge on any atom is -0.378 e. The summed E-state index contributed by atoms with van der Waals surface area (Å²) < 4.78 is 27.3. The molecule has 0 fully saturated rings. The van der Waals surface area contributed by atoms with Crippen molar-refractivity contribution in [2.75, 3.05) is 11.9 Å². The molecule has 0 amide bonds. The van der Waals surface area contributed by atoms with Crippen LogP contribution in [0.1, 0.15) is 10.4 Å². The first-order chi connectivity index (χ1) is 9.09. The summed E-state index contributed by atoms with van der Waals surface area (Å²) in [5.41, 5.74) is 0.185. The third kappa shape index (κ3) is 3.17. The Kier molecular flexibility index (Phi) is 4.27. The Morgan fingerprint density at radius 1 is 1.11 bits per heavy atom. The standard InChI is InChI=1S/C14H10BrF2NO/c15-10-6-7-11(16)13(14(10)17)12(19)8-18-9-4-2-1-3-5-9/h1-7,18H,8H2. The SMILES string of the molecule is O=C(CNc1ccccc1)c1c(F)ccc(Br)c1F. The van der Waals surface area contributed by atoms with Gasteiger partial charge in [0, 0.05) is 5.69 Å². The van der Waals surface area contributed by atoms with Gasteiger partial charge in [0.2, 0.25) is 0 Å². The molecule has 0 radical (unpaired) electrons. The Balaban J connectivity index is 2.15. The van der Waals surface area contributed by atoms with Crippen LogP contribution in [-0.4, -0.2) is 12.3 Å². The molecule has 0 spiro atoms. The molecule has 0 heterocycles. The molecule has 19 heavy (non-hydrogen) atoms. The molecule has 2 aromatic rings. The summed E-state index contributed by atoms with van der Waals surface area (Å²) in [4.78, 5) is 11.8. The van der Waals surface area contributed by atoms with Crippen molar-refractivity contribution in [2.24, 2.45) is 0 Å². The van der Waals surface area contributed by atoms with Gasteiger partial charge >= 0.3 is 0 Å². The van der Waals surface area contributed by atoms with Gasteiger partial charge in [0.1, 0.15) is 5.82 Å². The summed E-state index contributed by atoms with van der Waals surface area (Å²) in [6, 6.07) is 11.2. The predicted molar refractivity (Wildman–Crippen MR) is 73.3 cm³/mol. The molecule has 0 unspecified atom stereocenters. The van der Waals surface area contributed by atoms with E-state index in [0.29, 0.717) is 5.69 Å². The van der Waals surface area contributed by atoms with Gasteiger partial charge in [0.15, 0.2) is 11.6 Å². The normalized spacial score (nSPS) is 10.3. The van der Waals surface area contributed by atoms with Crippen LogP contribution < -0.4 is 5.32 Å². The van der Waals surface area contributed by atoms with Crippen LogP contribution in [0, 0.1) is 11.6 Å². The lowest BCUT2D eigenvalue weighted by molar-refractivity contribution is 0.0998. The van der Waals surface area contributed by atoms with Crippen LogP contribution in [0.15, 0.2) is 46.9 Å². The van der Waals surface area contributed by atoms with E-state index >= 15 is 0 Å². The molecule has 1 N–H and O–H groups in total. The maximum absolute atomic E-state index is 13.7. The van der Waals surface area contributed by atoms with Gasteiger partial charge < -0.3 is 5.32 Å². The maximum Gasteiger partial charge on any atom is 0.187 e. The lowest BCUT2D eigenvalue weighted by Gasteiger charge is -2.08. The first-order valence-corrected chi connectivity index (χ1v) is 6.34. The molecule has 0 aromatic heterocycles. The quantitative estimate of drug-likeness (QED) is 0.679. The van der Waals surface area contributed by atoms with Crippen molar-refractivity contribution >= 4 is 27.4 Å². The third-order valence-corrected chi connectivity index (χ3v) is 3.16. The van der Waals surface area contributed by atoms with E-state index in [4.69, 9.17) is 0 Å². The van der Waals surface area contributed by atoms with Gasteiger partial charge in [-0.15, -0.1) is 0 Å². The average Bonchev–Trinajstić information content (AvgIpc) is 2.42. The molecule has 98 valence electrons. The highest BCUT2D eigenvalue weighted by atomic mass is 79.9. The van der Waals surface area contributed by atoms with E-state index in [1.54, 1.807) is 24.3 Å². The van der Waals surface area contributed by atoms with Gasteiger partial charge in [-0.25, -0.2) is 8.78 Å². The number of ketones is 1. The van der Waals surface area contributed by atoms with Crippen LogP contribution in [0.25, 0.3) is 0 Å². The fourth-order valence-electron chi connectivity index (χ4n) is 1.61. The molecular weight excluding hydrogens is 316 g/mol. The van der Waals surface area contributed by atoms with Crippen molar-refractivity contribution in [1.82, 2.24) is 0 Å². The Morgan fingerprint density at radius 2 is 1.79 bits per heavy atom. The fraction of sp³-hybridized carbons (Fsp3) is 0.0714. The van der Waals surface area contributed by atoms with E-state index in [9.17, 15) is 13.6 Å². The van der Waals surface area contributed by atoms with Gasteiger partial charge in [0.25, 0.3) is 0 Å². The van der Waals surface area contributed by atoms with Crippen molar-refractivity contribution < 1.29 is 13.6 Å². The molecule has 2 aromatic carbocycles. The summed E-state index contributed by atoms with van der Waals surface area (Å²) in [7, 11) is 0. The number of anilines is 1. The number of carbonyl (C=O) groups excluding carboxylic acids is 1. The third-order valence-electron chi connectivity index (χ3n) is 2.55. The molecule has 2 rings (SSSR count). The van der Waals surface area contributed by atoms with Gasteiger partial charge in [0.05, 0.1) is 16.6 Å². The van der Waals surface area contributed by atoms with Crippen LogP contribution in [0.2, 0.25) is 0 Å². The number of benzene rings is 2. The molecule has 0 bridgehead atoms. The second-order valence-corrected chi connectivity index (χ2v) is 4.72. The Hall–Kier alpha value is -1.75. The maximum atomic E-state index is 13.7. The van der Waals surface area contributed by atoms with Crippen molar-refractivity contribution in [3.05, 3.63) is 64.1 Å². The average molecular weight is 326 g/mol. The second-order valence-electron chi connectivity index (χ2n) is 3.86. The Bertz CT molecular complexity index is 602. The summed E-state index contributed by atoms with van der Waals surface area (Å²) in [6.45, 7) is -0.172. The largest absolute Gasteiger partial charge is 0.378 e. The van der Waals surface area contributed by atoms with Crippen LogP contribution >= 0.6 is 15.9 Å². The first-order valence-electron chi connectivity index (χ1n) is 5.55. The predicted octanol–water partition coefficient (Wildman–Crippen LogP) is 4.02. The Labute approximate surface area is 117 Å². The van der Waals surface area contributed by atoms with Gasteiger partial charge in [-0.05, 0) is 40.2 Å². The summed E-state index contributed by atoms with van der Waals surface area (Å²) in [5, 5.41) is 2.82. The number of rotatable bonds is 4. The summed E-state index contributed by atoms with van der Waals surface area (Å²) in [5.74, 6) is -2.37.